The molecule has 0 atom stereocenters. The number of rotatable bonds is 7. The predicted octanol–water partition coefficient (Wildman–Crippen LogP) is 3.74. The van der Waals surface area contributed by atoms with Gasteiger partial charge in [0.2, 0.25) is 0 Å². The predicted molar refractivity (Wildman–Crippen MR) is 81.1 cm³/mol. The molecule has 0 amide bonds. The summed E-state index contributed by atoms with van der Waals surface area (Å²) in [5.74, 6) is 2.39. The number of benzene rings is 1. The summed E-state index contributed by atoms with van der Waals surface area (Å²) in [5.41, 5.74) is 1.11. The number of ether oxygens (including phenoxy) is 2. The third kappa shape index (κ3) is 3.77. The summed E-state index contributed by atoms with van der Waals surface area (Å²) in [6, 6.07) is 7.84. The average Bonchev–Trinajstić information content (AvgIpc) is 2.94. The van der Waals surface area contributed by atoms with Crippen molar-refractivity contribution in [2.75, 3.05) is 13.7 Å². The molecule has 1 N–H and O–H groups in total. The normalized spacial score (nSPS) is 10.6. The maximum Gasteiger partial charge on any atom is 0.175 e. The van der Waals surface area contributed by atoms with Crippen molar-refractivity contribution in [3.63, 3.8) is 0 Å². The van der Waals surface area contributed by atoms with E-state index in [1.807, 2.05) is 31.2 Å². The Labute approximate surface area is 127 Å². The zero-order chi connectivity index (χ0) is 14.4. The van der Waals surface area contributed by atoms with E-state index in [9.17, 15) is 0 Å². The summed E-state index contributed by atoms with van der Waals surface area (Å²) in [5, 5.41) is 3.32. The van der Waals surface area contributed by atoms with Crippen LogP contribution in [-0.4, -0.2) is 13.7 Å². The largest absolute Gasteiger partial charge is 0.493 e. The van der Waals surface area contributed by atoms with Crippen molar-refractivity contribution >= 4 is 15.9 Å². The molecule has 0 spiro atoms. The van der Waals surface area contributed by atoms with Crippen LogP contribution < -0.4 is 14.8 Å². The van der Waals surface area contributed by atoms with Gasteiger partial charge in [0.15, 0.2) is 11.5 Å². The number of hydrogen-bond acceptors (Lipinski definition) is 4. The Morgan fingerprint density at radius 2 is 2.15 bits per heavy atom. The standard InChI is InChI=1S/C15H18BrNO3/c1-3-19-15-13(16)7-11(8-14(15)18-2)9-17-10-12-5-4-6-20-12/h4-8,17H,3,9-10H2,1-2H3. The minimum absolute atomic E-state index is 0.602. The van der Waals surface area contributed by atoms with Crippen molar-refractivity contribution in [2.45, 2.75) is 20.0 Å². The zero-order valence-electron chi connectivity index (χ0n) is 11.6. The summed E-state index contributed by atoms with van der Waals surface area (Å²) in [6.45, 7) is 3.97. The molecule has 2 rings (SSSR count). The second kappa shape index (κ2) is 7.36. The fourth-order valence-corrected chi connectivity index (χ4v) is 2.51. The Morgan fingerprint density at radius 3 is 2.80 bits per heavy atom. The molecular weight excluding hydrogens is 322 g/mol. The summed E-state index contributed by atoms with van der Waals surface area (Å²) in [6.07, 6.45) is 1.67. The smallest absolute Gasteiger partial charge is 0.175 e. The molecule has 0 saturated heterocycles. The van der Waals surface area contributed by atoms with Crippen LogP contribution in [0.5, 0.6) is 11.5 Å². The van der Waals surface area contributed by atoms with E-state index >= 15 is 0 Å². The van der Waals surface area contributed by atoms with Gasteiger partial charge >= 0.3 is 0 Å². The van der Waals surface area contributed by atoms with Gasteiger partial charge in [-0.3, -0.25) is 0 Å². The zero-order valence-corrected chi connectivity index (χ0v) is 13.2. The van der Waals surface area contributed by atoms with E-state index in [2.05, 4.69) is 21.2 Å². The SMILES string of the molecule is CCOc1c(Br)cc(CNCc2ccco2)cc1OC. The molecule has 1 heterocycles. The van der Waals surface area contributed by atoms with Crippen LogP contribution in [0.15, 0.2) is 39.4 Å². The number of halogens is 1. The van der Waals surface area contributed by atoms with E-state index in [1.165, 1.54) is 0 Å². The van der Waals surface area contributed by atoms with Crippen molar-refractivity contribution < 1.29 is 13.9 Å². The number of nitrogens with one attached hydrogen (secondary N) is 1. The van der Waals surface area contributed by atoms with Crippen LogP contribution in [0.2, 0.25) is 0 Å². The Kier molecular flexibility index (Phi) is 5.49. The van der Waals surface area contributed by atoms with Gasteiger partial charge in [0.25, 0.3) is 0 Å². The topological polar surface area (TPSA) is 43.6 Å². The van der Waals surface area contributed by atoms with Crippen molar-refractivity contribution in [3.05, 3.63) is 46.3 Å². The van der Waals surface area contributed by atoms with Gasteiger partial charge in [-0.25, -0.2) is 0 Å². The van der Waals surface area contributed by atoms with Gasteiger partial charge < -0.3 is 19.2 Å². The van der Waals surface area contributed by atoms with E-state index in [4.69, 9.17) is 13.9 Å². The molecule has 20 heavy (non-hydrogen) atoms. The Hall–Kier alpha value is -1.46. The highest BCUT2D eigenvalue weighted by molar-refractivity contribution is 9.10. The third-order valence-corrected chi connectivity index (χ3v) is 3.38. The Bertz CT molecular complexity index is 540. The lowest BCUT2D eigenvalue weighted by Crippen LogP contribution is -2.12. The first kappa shape index (κ1) is 14.9. The second-order valence-electron chi connectivity index (χ2n) is 4.22. The van der Waals surface area contributed by atoms with Crippen LogP contribution in [-0.2, 0) is 13.1 Å². The summed E-state index contributed by atoms with van der Waals surface area (Å²) in [4.78, 5) is 0. The molecule has 0 unspecified atom stereocenters. The molecule has 4 nitrogen and oxygen atoms in total. The van der Waals surface area contributed by atoms with E-state index in [0.717, 1.165) is 33.8 Å². The summed E-state index contributed by atoms with van der Waals surface area (Å²) >= 11 is 3.52. The van der Waals surface area contributed by atoms with E-state index in [-0.39, 0.29) is 0 Å². The first-order chi connectivity index (χ1) is 9.74. The van der Waals surface area contributed by atoms with Gasteiger partial charge in [-0.15, -0.1) is 0 Å². The van der Waals surface area contributed by atoms with Crippen LogP contribution >= 0.6 is 15.9 Å². The van der Waals surface area contributed by atoms with Gasteiger partial charge in [0.05, 0.1) is 31.0 Å². The average molecular weight is 340 g/mol. The van der Waals surface area contributed by atoms with Gasteiger partial charge in [0.1, 0.15) is 5.76 Å². The highest BCUT2D eigenvalue weighted by Gasteiger charge is 2.11. The molecule has 0 radical (unpaired) electrons. The Morgan fingerprint density at radius 1 is 1.30 bits per heavy atom. The molecular formula is C15H18BrNO3. The molecule has 0 fully saturated rings. The van der Waals surface area contributed by atoms with Crippen LogP contribution in [0.25, 0.3) is 0 Å². The Balaban J connectivity index is 2.02. The second-order valence-corrected chi connectivity index (χ2v) is 5.08. The van der Waals surface area contributed by atoms with Crippen LogP contribution in [0, 0.1) is 0 Å². The molecule has 0 aliphatic carbocycles. The maximum absolute atomic E-state index is 5.57. The molecule has 1 aromatic heterocycles. The van der Waals surface area contributed by atoms with Crippen molar-refractivity contribution in [1.29, 1.82) is 0 Å². The molecule has 0 aliphatic heterocycles. The van der Waals surface area contributed by atoms with Gasteiger partial charge in [-0.05, 0) is 52.7 Å². The van der Waals surface area contributed by atoms with Gasteiger partial charge in [0, 0.05) is 6.54 Å². The van der Waals surface area contributed by atoms with Crippen molar-refractivity contribution in [2.24, 2.45) is 0 Å². The first-order valence-corrected chi connectivity index (χ1v) is 7.26. The molecule has 5 heteroatoms. The molecule has 0 aliphatic rings. The fraction of sp³-hybridized carbons (Fsp3) is 0.333. The van der Waals surface area contributed by atoms with Crippen molar-refractivity contribution in [1.82, 2.24) is 5.32 Å². The summed E-state index contributed by atoms with van der Waals surface area (Å²) in [7, 11) is 1.64. The number of furan rings is 1. The van der Waals surface area contributed by atoms with Crippen LogP contribution in [0.4, 0.5) is 0 Å². The lowest BCUT2D eigenvalue weighted by Gasteiger charge is -2.13. The van der Waals surface area contributed by atoms with E-state index in [1.54, 1.807) is 13.4 Å². The lowest BCUT2D eigenvalue weighted by molar-refractivity contribution is 0.308. The van der Waals surface area contributed by atoms with Crippen molar-refractivity contribution in [3.8, 4) is 11.5 Å². The van der Waals surface area contributed by atoms with Gasteiger partial charge in [-0.1, -0.05) is 0 Å². The molecule has 0 bridgehead atoms. The maximum atomic E-state index is 5.57. The fourth-order valence-electron chi connectivity index (χ4n) is 1.90. The highest BCUT2D eigenvalue weighted by atomic mass is 79.9. The minimum atomic E-state index is 0.602. The molecule has 0 saturated carbocycles. The number of methoxy groups -OCH3 is 1. The van der Waals surface area contributed by atoms with Crippen LogP contribution in [0.3, 0.4) is 0 Å². The summed E-state index contributed by atoms with van der Waals surface area (Å²) < 4.78 is 17.1. The molecule has 2 aromatic rings. The minimum Gasteiger partial charge on any atom is -0.493 e. The monoisotopic (exact) mass is 339 g/mol. The van der Waals surface area contributed by atoms with E-state index < -0.39 is 0 Å². The first-order valence-electron chi connectivity index (χ1n) is 6.47. The van der Waals surface area contributed by atoms with Gasteiger partial charge in [-0.2, -0.15) is 0 Å². The van der Waals surface area contributed by atoms with Crippen LogP contribution in [0.1, 0.15) is 18.2 Å². The molecule has 108 valence electrons. The number of hydrogen-bond donors (Lipinski definition) is 1. The highest BCUT2D eigenvalue weighted by Crippen LogP contribution is 2.36. The lowest BCUT2D eigenvalue weighted by atomic mass is 10.2. The quantitative estimate of drug-likeness (QED) is 0.834. The third-order valence-electron chi connectivity index (χ3n) is 2.79. The molecule has 1 aromatic carbocycles. The van der Waals surface area contributed by atoms with E-state index in [0.29, 0.717) is 13.2 Å².